The summed E-state index contributed by atoms with van der Waals surface area (Å²) < 4.78 is 0.719. The number of hydrogen-bond donors (Lipinski definition) is 2. The van der Waals surface area contributed by atoms with E-state index in [2.05, 4.69) is 67.5 Å². The van der Waals surface area contributed by atoms with Crippen molar-refractivity contribution in [2.75, 3.05) is 6.54 Å². The van der Waals surface area contributed by atoms with Crippen LogP contribution in [0.2, 0.25) is 0 Å². The molecule has 6 heteroatoms. The number of rotatable bonds is 5. The number of H-pyrrole nitrogens is 1. The zero-order valence-electron chi connectivity index (χ0n) is 14.8. The van der Waals surface area contributed by atoms with Crippen LogP contribution in [0, 0.1) is 6.92 Å². The largest absolute Gasteiger partial charge is 0.347 e. The molecule has 2 heterocycles. The first-order valence-corrected chi connectivity index (χ1v) is 9.64. The van der Waals surface area contributed by atoms with Crippen molar-refractivity contribution in [2.45, 2.75) is 52.2 Å². The van der Waals surface area contributed by atoms with Crippen molar-refractivity contribution in [2.24, 2.45) is 0 Å². The van der Waals surface area contributed by atoms with Crippen LogP contribution < -0.4 is 5.32 Å². The minimum Gasteiger partial charge on any atom is -0.347 e. The Balaban J connectivity index is 1.54. The second-order valence-electron chi connectivity index (χ2n) is 6.83. The van der Waals surface area contributed by atoms with Crippen molar-refractivity contribution in [1.82, 2.24) is 20.4 Å². The summed E-state index contributed by atoms with van der Waals surface area (Å²) in [5.74, 6) is -0.178. The molecular weight excluding hydrogens is 380 g/mol. The molecule has 2 aromatic rings. The van der Waals surface area contributed by atoms with E-state index in [4.69, 9.17) is 0 Å². The number of nitrogens with one attached hydrogen (secondary N) is 2. The van der Waals surface area contributed by atoms with Gasteiger partial charge in [-0.3, -0.25) is 14.8 Å². The minimum absolute atomic E-state index is 0.178. The molecule has 0 aliphatic carbocycles. The van der Waals surface area contributed by atoms with Crippen LogP contribution in [-0.4, -0.2) is 33.6 Å². The first-order chi connectivity index (χ1) is 12.0. The van der Waals surface area contributed by atoms with E-state index in [1.54, 1.807) is 0 Å². The Labute approximate surface area is 157 Å². The third-order valence-corrected chi connectivity index (χ3v) is 5.86. The van der Waals surface area contributed by atoms with Gasteiger partial charge in [0.05, 0.1) is 4.47 Å². The molecule has 0 spiro atoms. The van der Waals surface area contributed by atoms with Crippen LogP contribution in [0.15, 0.2) is 28.7 Å². The van der Waals surface area contributed by atoms with Crippen LogP contribution in [0.25, 0.3) is 0 Å². The Morgan fingerprint density at radius 1 is 1.32 bits per heavy atom. The Bertz CT molecular complexity index is 726. The van der Waals surface area contributed by atoms with E-state index in [0.29, 0.717) is 18.3 Å². The van der Waals surface area contributed by atoms with Gasteiger partial charge in [0.1, 0.15) is 0 Å². The fourth-order valence-electron chi connectivity index (χ4n) is 3.22. The fraction of sp³-hybridized carbons (Fsp3) is 0.474. The monoisotopic (exact) mass is 404 g/mol. The van der Waals surface area contributed by atoms with E-state index >= 15 is 0 Å². The highest BCUT2D eigenvalue weighted by atomic mass is 79.9. The molecule has 134 valence electrons. The summed E-state index contributed by atoms with van der Waals surface area (Å²) in [6.07, 6.45) is 3.95. The van der Waals surface area contributed by atoms with Crippen LogP contribution >= 0.6 is 15.9 Å². The third kappa shape index (κ3) is 4.50. The molecule has 1 atom stereocenters. The molecule has 1 saturated heterocycles. The molecule has 1 amide bonds. The quantitative estimate of drug-likeness (QED) is 0.796. The average Bonchev–Trinajstić information content (AvgIpc) is 2.95. The molecule has 3 rings (SSSR count). The highest BCUT2D eigenvalue weighted by Crippen LogP contribution is 2.20. The fourth-order valence-corrected chi connectivity index (χ4v) is 3.58. The molecule has 1 unspecified atom stereocenters. The molecule has 2 N–H and O–H groups in total. The van der Waals surface area contributed by atoms with E-state index in [0.717, 1.165) is 22.3 Å². The van der Waals surface area contributed by atoms with Gasteiger partial charge in [0, 0.05) is 24.8 Å². The van der Waals surface area contributed by atoms with Gasteiger partial charge in [0.15, 0.2) is 5.69 Å². The van der Waals surface area contributed by atoms with Gasteiger partial charge in [0.25, 0.3) is 5.91 Å². The lowest BCUT2D eigenvalue weighted by Crippen LogP contribution is -2.36. The maximum Gasteiger partial charge on any atom is 0.273 e. The van der Waals surface area contributed by atoms with Crippen molar-refractivity contribution in [3.05, 3.63) is 51.3 Å². The summed E-state index contributed by atoms with van der Waals surface area (Å²) in [5, 5.41) is 9.74. The third-order valence-electron chi connectivity index (χ3n) is 4.89. The number of aromatic amines is 1. The van der Waals surface area contributed by atoms with E-state index < -0.39 is 0 Å². The van der Waals surface area contributed by atoms with Crippen LogP contribution in [0.1, 0.15) is 53.5 Å². The van der Waals surface area contributed by atoms with Gasteiger partial charge in [-0.1, -0.05) is 30.7 Å². The first kappa shape index (κ1) is 18.1. The van der Waals surface area contributed by atoms with Crippen molar-refractivity contribution in [3.8, 4) is 0 Å². The number of aryl methyl sites for hydroxylation is 1. The SMILES string of the molecule is Cc1[nH]nc(C(=O)NCc2ccc(CN3CCCCC3C)cc2)c1Br. The number of aromatic nitrogens is 2. The molecule has 0 bridgehead atoms. The van der Waals surface area contributed by atoms with Gasteiger partial charge in [-0.2, -0.15) is 5.10 Å². The average molecular weight is 405 g/mol. The molecule has 0 saturated carbocycles. The number of benzene rings is 1. The molecular formula is C19H25BrN4O. The number of amides is 1. The Morgan fingerprint density at radius 2 is 2.04 bits per heavy atom. The molecule has 1 aromatic carbocycles. The molecule has 1 aliphatic rings. The summed E-state index contributed by atoms with van der Waals surface area (Å²) in [6.45, 7) is 6.88. The van der Waals surface area contributed by atoms with Gasteiger partial charge >= 0.3 is 0 Å². The van der Waals surface area contributed by atoms with Gasteiger partial charge in [-0.15, -0.1) is 0 Å². The van der Waals surface area contributed by atoms with Crippen LogP contribution in [0.5, 0.6) is 0 Å². The maximum absolute atomic E-state index is 12.2. The first-order valence-electron chi connectivity index (χ1n) is 8.85. The van der Waals surface area contributed by atoms with Gasteiger partial charge in [0.2, 0.25) is 0 Å². The molecule has 0 radical (unpaired) electrons. The number of likely N-dealkylation sites (tertiary alicyclic amines) is 1. The van der Waals surface area contributed by atoms with E-state index in [-0.39, 0.29) is 5.91 Å². The Hall–Kier alpha value is -1.66. The second-order valence-corrected chi connectivity index (χ2v) is 7.62. The summed E-state index contributed by atoms with van der Waals surface area (Å²) in [6, 6.07) is 9.18. The predicted molar refractivity (Wildman–Crippen MR) is 102 cm³/mol. The zero-order valence-corrected chi connectivity index (χ0v) is 16.4. The van der Waals surface area contributed by atoms with Gasteiger partial charge in [-0.05, 0) is 60.3 Å². The number of nitrogens with zero attached hydrogens (tertiary/aromatic N) is 2. The molecule has 25 heavy (non-hydrogen) atoms. The minimum atomic E-state index is -0.178. The number of hydrogen-bond acceptors (Lipinski definition) is 3. The van der Waals surface area contributed by atoms with Crippen molar-refractivity contribution in [3.63, 3.8) is 0 Å². The van der Waals surface area contributed by atoms with Crippen molar-refractivity contribution in [1.29, 1.82) is 0 Å². The lowest BCUT2D eigenvalue weighted by molar-refractivity contribution is 0.0945. The van der Waals surface area contributed by atoms with Crippen LogP contribution in [0.4, 0.5) is 0 Å². The van der Waals surface area contributed by atoms with Gasteiger partial charge < -0.3 is 5.32 Å². The smallest absolute Gasteiger partial charge is 0.273 e. The van der Waals surface area contributed by atoms with Crippen molar-refractivity contribution >= 4 is 21.8 Å². The summed E-state index contributed by atoms with van der Waals surface area (Å²) >= 11 is 3.38. The highest BCUT2D eigenvalue weighted by molar-refractivity contribution is 9.10. The van der Waals surface area contributed by atoms with Gasteiger partial charge in [-0.25, -0.2) is 0 Å². The Kier molecular flexibility index (Phi) is 5.91. The number of carbonyl (C=O) groups is 1. The predicted octanol–water partition coefficient (Wildman–Crippen LogP) is 3.79. The number of halogens is 1. The summed E-state index contributed by atoms with van der Waals surface area (Å²) in [4.78, 5) is 14.7. The molecule has 1 fully saturated rings. The zero-order chi connectivity index (χ0) is 17.8. The maximum atomic E-state index is 12.2. The second kappa shape index (κ2) is 8.15. The molecule has 1 aromatic heterocycles. The van der Waals surface area contributed by atoms with E-state index in [1.165, 1.54) is 31.4 Å². The molecule has 1 aliphatic heterocycles. The Morgan fingerprint density at radius 3 is 2.68 bits per heavy atom. The van der Waals surface area contributed by atoms with Crippen molar-refractivity contribution < 1.29 is 4.79 Å². The number of carbonyl (C=O) groups excluding carboxylic acids is 1. The standard InChI is InChI=1S/C19H25BrN4O/c1-13-5-3-4-10-24(13)12-16-8-6-15(7-9-16)11-21-19(25)18-17(20)14(2)22-23-18/h6-9,13H,3-5,10-12H2,1-2H3,(H,21,25)(H,22,23). The van der Waals surface area contributed by atoms with Crippen LogP contribution in [-0.2, 0) is 13.1 Å². The lowest BCUT2D eigenvalue weighted by atomic mass is 10.0. The topological polar surface area (TPSA) is 61.0 Å². The van der Waals surface area contributed by atoms with Crippen LogP contribution in [0.3, 0.4) is 0 Å². The molecule has 5 nitrogen and oxygen atoms in total. The summed E-state index contributed by atoms with van der Waals surface area (Å²) in [7, 11) is 0. The number of piperidine rings is 1. The lowest BCUT2D eigenvalue weighted by Gasteiger charge is -2.33. The highest BCUT2D eigenvalue weighted by Gasteiger charge is 2.18. The summed E-state index contributed by atoms with van der Waals surface area (Å²) in [5.41, 5.74) is 3.66. The van der Waals surface area contributed by atoms with E-state index in [9.17, 15) is 4.79 Å². The normalized spacial score (nSPS) is 18.3. The van der Waals surface area contributed by atoms with E-state index in [1.807, 2.05) is 6.92 Å².